The number of aryl methyl sites for hydroxylation is 3. The number of ether oxygens (including phenoxy) is 1. The number of hydrogen-bond acceptors (Lipinski definition) is 4. The average molecular weight is 338 g/mol. The molecule has 1 heterocycles. The fourth-order valence-corrected chi connectivity index (χ4v) is 2.25. The summed E-state index contributed by atoms with van der Waals surface area (Å²) < 4.78 is 30.8. The van der Waals surface area contributed by atoms with Gasteiger partial charge in [-0.3, -0.25) is 9.48 Å². The van der Waals surface area contributed by atoms with E-state index in [2.05, 4.69) is 20.5 Å². The predicted octanol–water partition coefficient (Wildman–Crippen LogP) is 3.00. The molecule has 0 saturated carbocycles. The van der Waals surface area contributed by atoms with Gasteiger partial charge in [0.25, 0.3) is 0 Å². The Morgan fingerprint density at radius 3 is 2.62 bits per heavy atom. The molecule has 2 aromatic rings. The third-order valence-electron chi connectivity index (χ3n) is 3.63. The van der Waals surface area contributed by atoms with Gasteiger partial charge in [0.15, 0.2) is 0 Å². The van der Waals surface area contributed by atoms with Crippen LogP contribution in [0.2, 0.25) is 0 Å². The maximum Gasteiger partial charge on any atom is 0.387 e. The van der Waals surface area contributed by atoms with E-state index in [0.717, 1.165) is 11.4 Å². The van der Waals surface area contributed by atoms with Crippen molar-refractivity contribution in [1.29, 1.82) is 0 Å². The molecule has 0 bridgehead atoms. The second-order valence-corrected chi connectivity index (χ2v) is 5.43. The van der Waals surface area contributed by atoms with E-state index in [1.54, 1.807) is 30.8 Å². The fourth-order valence-electron chi connectivity index (χ4n) is 2.25. The topological polar surface area (TPSA) is 68.2 Å². The van der Waals surface area contributed by atoms with Crippen molar-refractivity contribution in [3.8, 4) is 5.75 Å². The molecule has 0 aliphatic carbocycles. The Morgan fingerprint density at radius 1 is 1.33 bits per heavy atom. The van der Waals surface area contributed by atoms with Gasteiger partial charge in [-0.05, 0) is 32.4 Å². The maximum atomic E-state index is 12.4. The van der Waals surface area contributed by atoms with E-state index in [1.165, 1.54) is 6.07 Å². The lowest BCUT2D eigenvalue weighted by Gasteiger charge is -2.12. The Morgan fingerprint density at radius 2 is 2.04 bits per heavy atom. The molecule has 1 aromatic carbocycles. The van der Waals surface area contributed by atoms with Crippen molar-refractivity contribution in [1.82, 2.24) is 9.78 Å². The molecule has 0 radical (unpaired) electrons. The van der Waals surface area contributed by atoms with Crippen molar-refractivity contribution < 1.29 is 18.3 Å². The summed E-state index contributed by atoms with van der Waals surface area (Å²) in [4.78, 5) is 12.1. The molecule has 2 N–H and O–H groups in total. The highest BCUT2D eigenvalue weighted by Crippen LogP contribution is 2.24. The largest absolute Gasteiger partial charge is 0.434 e. The number of hydrogen-bond donors (Lipinski definition) is 2. The van der Waals surface area contributed by atoms with Crippen LogP contribution in [0.1, 0.15) is 17.0 Å². The SMILES string of the molecule is Cc1ccc(NCC(=O)Nc2c(C)nn(C)c2C)cc1OC(F)F. The van der Waals surface area contributed by atoms with Gasteiger partial charge in [-0.2, -0.15) is 13.9 Å². The summed E-state index contributed by atoms with van der Waals surface area (Å²) in [6.45, 7) is 2.44. The lowest BCUT2D eigenvalue weighted by atomic mass is 10.2. The summed E-state index contributed by atoms with van der Waals surface area (Å²) in [7, 11) is 1.80. The van der Waals surface area contributed by atoms with Gasteiger partial charge in [0.2, 0.25) is 5.91 Å². The monoisotopic (exact) mass is 338 g/mol. The van der Waals surface area contributed by atoms with Crippen LogP contribution >= 0.6 is 0 Å². The Bertz CT molecular complexity index is 744. The molecule has 0 unspecified atom stereocenters. The number of nitrogens with zero attached hydrogens (tertiary/aromatic N) is 2. The second kappa shape index (κ2) is 7.29. The third-order valence-corrected chi connectivity index (χ3v) is 3.63. The maximum absolute atomic E-state index is 12.4. The molecule has 1 amide bonds. The van der Waals surface area contributed by atoms with E-state index in [-0.39, 0.29) is 18.2 Å². The minimum atomic E-state index is -2.89. The third kappa shape index (κ3) is 4.21. The Hall–Kier alpha value is -2.64. The predicted molar refractivity (Wildman–Crippen MR) is 87.6 cm³/mol. The lowest BCUT2D eigenvalue weighted by Crippen LogP contribution is -2.22. The second-order valence-electron chi connectivity index (χ2n) is 5.43. The average Bonchev–Trinajstić information content (AvgIpc) is 2.74. The van der Waals surface area contributed by atoms with Crippen LogP contribution in [-0.4, -0.2) is 28.8 Å². The summed E-state index contributed by atoms with van der Waals surface area (Å²) in [6, 6.07) is 4.78. The smallest absolute Gasteiger partial charge is 0.387 e. The first-order valence-corrected chi connectivity index (χ1v) is 7.37. The number of anilines is 2. The summed E-state index contributed by atoms with van der Waals surface area (Å²) >= 11 is 0. The van der Waals surface area contributed by atoms with Crippen molar-refractivity contribution >= 4 is 17.3 Å². The number of amides is 1. The Kier molecular flexibility index (Phi) is 5.38. The molecule has 0 saturated heterocycles. The van der Waals surface area contributed by atoms with E-state index < -0.39 is 6.61 Å². The summed E-state index contributed by atoms with van der Waals surface area (Å²) in [6.07, 6.45) is 0. The molecule has 0 fully saturated rings. The van der Waals surface area contributed by atoms with Crippen LogP contribution in [0.3, 0.4) is 0 Å². The van der Waals surface area contributed by atoms with Crippen LogP contribution in [0.5, 0.6) is 5.75 Å². The number of benzene rings is 1. The van der Waals surface area contributed by atoms with Crippen LogP contribution in [0.4, 0.5) is 20.2 Å². The Labute approximate surface area is 138 Å². The summed E-state index contributed by atoms with van der Waals surface area (Å²) in [5.41, 5.74) is 3.36. The molecule has 2 rings (SSSR count). The van der Waals surface area contributed by atoms with Crippen molar-refractivity contribution in [2.75, 3.05) is 17.2 Å². The van der Waals surface area contributed by atoms with E-state index >= 15 is 0 Å². The Balaban J connectivity index is 1.99. The lowest BCUT2D eigenvalue weighted by molar-refractivity contribution is -0.114. The normalized spacial score (nSPS) is 10.8. The standard InChI is InChI=1S/C16H20F2N4O2/c1-9-5-6-12(7-13(9)24-16(17)18)19-8-14(23)20-15-10(2)21-22(4)11(15)3/h5-7,16,19H,8H2,1-4H3,(H,20,23). The van der Waals surface area contributed by atoms with Crippen molar-refractivity contribution in [3.63, 3.8) is 0 Å². The molecule has 0 aliphatic heterocycles. The van der Waals surface area contributed by atoms with Crippen molar-refractivity contribution in [3.05, 3.63) is 35.2 Å². The van der Waals surface area contributed by atoms with Crippen LogP contribution in [-0.2, 0) is 11.8 Å². The van der Waals surface area contributed by atoms with Gasteiger partial charge < -0.3 is 15.4 Å². The van der Waals surface area contributed by atoms with Gasteiger partial charge in [0.1, 0.15) is 5.75 Å². The van der Waals surface area contributed by atoms with Gasteiger partial charge in [0.05, 0.1) is 23.6 Å². The van der Waals surface area contributed by atoms with E-state index in [9.17, 15) is 13.6 Å². The molecule has 6 nitrogen and oxygen atoms in total. The minimum absolute atomic E-state index is 0.00897. The van der Waals surface area contributed by atoms with Crippen LogP contribution in [0, 0.1) is 20.8 Å². The summed E-state index contributed by atoms with van der Waals surface area (Å²) in [5, 5.41) is 9.90. The van der Waals surface area contributed by atoms with E-state index in [1.807, 2.05) is 13.8 Å². The molecule has 0 aliphatic rings. The van der Waals surface area contributed by atoms with Crippen molar-refractivity contribution in [2.24, 2.45) is 7.05 Å². The van der Waals surface area contributed by atoms with Crippen LogP contribution in [0.15, 0.2) is 18.2 Å². The van der Waals surface area contributed by atoms with E-state index in [0.29, 0.717) is 16.9 Å². The molecular formula is C16H20F2N4O2. The molecule has 130 valence electrons. The zero-order valence-electron chi connectivity index (χ0n) is 14.0. The van der Waals surface area contributed by atoms with Crippen molar-refractivity contribution in [2.45, 2.75) is 27.4 Å². The number of nitrogens with one attached hydrogen (secondary N) is 2. The molecule has 24 heavy (non-hydrogen) atoms. The number of aromatic nitrogens is 2. The zero-order valence-corrected chi connectivity index (χ0v) is 14.0. The fraction of sp³-hybridized carbons (Fsp3) is 0.375. The number of carbonyl (C=O) groups excluding carboxylic acids is 1. The van der Waals surface area contributed by atoms with Crippen LogP contribution in [0.25, 0.3) is 0 Å². The highest BCUT2D eigenvalue weighted by molar-refractivity contribution is 5.94. The number of rotatable bonds is 6. The number of halogens is 2. The number of alkyl halides is 2. The van der Waals surface area contributed by atoms with Gasteiger partial charge in [-0.1, -0.05) is 6.07 Å². The number of carbonyl (C=O) groups is 1. The molecule has 1 aromatic heterocycles. The van der Waals surface area contributed by atoms with Gasteiger partial charge in [-0.15, -0.1) is 0 Å². The zero-order chi connectivity index (χ0) is 17.9. The molecular weight excluding hydrogens is 318 g/mol. The first-order valence-electron chi connectivity index (χ1n) is 7.37. The molecule has 8 heteroatoms. The minimum Gasteiger partial charge on any atom is -0.434 e. The van der Waals surface area contributed by atoms with Gasteiger partial charge in [-0.25, -0.2) is 0 Å². The van der Waals surface area contributed by atoms with E-state index in [4.69, 9.17) is 0 Å². The van der Waals surface area contributed by atoms with Gasteiger partial charge >= 0.3 is 6.61 Å². The van der Waals surface area contributed by atoms with Gasteiger partial charge in [0, 0.05) is 18.8 Å². The molecule has 0 atom stereocenters. The first kappa shape index (κ1) is 17.7. The molecule has 0 spiro atoms. The van der Waals surface area contributed by atoms with Crippen LogP contribution < -0.4 is 15.4 Å². The highest BCUT2D eigenvalue weighted by Gasteiger charge is 2.13. The highest BCUT2D eigenvalue weighted by atomic mass is 19.3. The summed E-state index contributed by atoms with van der Waals surface area (Å²) in [5.74, 6) is -0.180. The first-order chi connectivity index (χ1) is 11.3. The quantitative estimate of drug-likeness (QED) is 0.850.